The van der Waals surface area contributed by atoms with Gasteiger partial charge in [0.05, 0.1) is 12.1 Å². The number of pyridine rings is 1. The van der Waals surface area contributed by atoms with Gasteiger partial charge in [-0.3, -0.25) is 10.4 Å². The number of H-pyrrole nitrogens is 1. The molecule has 0 radical (unpaired) electrons. The zero-order valence-electron chi connectivity index (χ0n) is 13.7. The van der Waals surface area contributed by atoms with Crippen molar-refractivity contribution >= 4 is 49.4 Å². The van der Waals surface area contributed by atoms with Gasteiger partial charge in [0, 0.05) is 6.20 Å². The van der Waals surface area contributed by atoms with Gasteiger partial charge in [-0.1, -0.05) is 37.1 Å². The molecule has 1 aliphatic heterocycles. The fourth-order valence-corrected chi connectivity index (χ4v) is 2.63. The van der Waals surface area contributed by atoms with Gasteiger partial charge >= 0.3 is 43.6 Å². The number of nitrogens with one attached hydrogen (secondary N) is 1. The van der Waals surface area contributed by atoms with Crippen molar-refractivity contribution in [3.63, 3.8) is 0 Å². The zero-order valence-corrected chi connectivity index (χ0v) is 19.3. The molecule has 1 aromatic heterocycles. The Labute approximate surface area is 167 Å². The number of hydrogen-bond donors (Lipinski definition) is 0. The Bertz CT molecular complexity index is 592. The van der Waals surface area contributed by atoms with Gasteiger partial charge in [-0.25, -0.2) is 0 Å². The van der Waals surface area contributed by atoms with E-state index in [1.54, 1.807) is 0 Å². The summed E-state index contributed by atoms with van der Waals surface area (Å²) in [5.74, 6) is 1.63. The van der Waals surface area contributed by atoms with Crippen molar-refractivity contribution in [1.82, 2.24) is 0 Å². The third kappa shape index (κ3) is 8.67. The van der Waals surface area contributed by atoms with Gasteiger partial charge in [0.15, 0.2) is 0 Å². The monoisotopic (exact) mass is 502 g/mol. The van der Waals surface area contributed by atoms with E-state index in [0.29, 0.717) is 12.4 Å². The molecule has 0 saturated heterocycles. The zero-order chi connectivity index (χ0) is 17.9. The molecule has 5 nitrogen and oxygen atoms in total. The van der Waals surface area contributed by atoms with Crippen molar-refractivity contribution in [1.29, 1.82) is 0 Å². The maximum atomic E-state index is 5.02. The first-order valence-electron chi connectivity index (χ1n) is 8.20. The predicted octanol–water partition coefficient (Wildman–Crippen LogP) is 5.74. The predicted molar refractivity (Wildman–Crippen MR) is 106 cm³/mol. The molecular weight excluding hydrogens is 483 g/mol. The molecule has 1 saturated carbocycles. The van der Waals surface area contributed by atoms with Gasteiger partial charge in [0.1, 0.15) is 5.82 Å². The van der Waals surface area contributed by atoms with Crippen LogP contribution in [0.1, 0.15) is 25.7 Å². The molecule has 0 amide bonds. The number of nitrogens with zero attached hydrogens (tertiary/aromatic N) is 4. The summed E-state index contributed by atoms with van der Waals surface area (Å²) in [5.41, 5.74) is 0. The van der Waals surface area contributed by atoms with Gasteiger partial charge in [0.25, 0.3) is 0 Å². The van der Waals surface area contributed by atoms with E-state index >= 15 is 0 Å². The summed E-state index contributed by atoms with van der Waals surface area (Å²) in [6.07, 6.45) is 12.3. The van der Waals surface area contributed by atoms with E-state index in [2.05, 4.69) is 20.5 Å². The minimum atomic E-state index is -2.22. The van der Waals surface area contributed by atoms with Crippen LogP contribution in [-0.4, -0.2) is 36.5 Å². The summed E-state index contributed by atoms with van der Waals surface area (Å²) in [7, 11) is 15.0. The average molecular weight is 504 g/mol. The molecule has 2 atom stereocenters. The second kappa shape index (κ2) is 12.0. The molecule has 1 fully saturated rings. The number of halogens is 3. The van der Waals surface area contributed by atoms with E-state index in [-0.39, 0.29) is 12.1 Å². The van der Waals surface area contributed by atoms with Crippen molar-refractivity contribution in [2.24, 2.45) is 10.2 Å². The Kier molecular flexibility index (Phi) is 10.1. The van der Waals surface area contributed by atoms with Gasteiger partial charge in [-0.15, -0.1) is 0 Å². The maximum absolute atomic E-state index is 5.02. The van der Waals surface area contributed by atoms with Crippen molar-refractivity contribution in [2.75, 3.05) is 6.54 Å². The molecule has 2 unspecified atom stereocenters. The van der Waals surface area contributed by atoms with Crippen LogP contribution in [0.4, 0.5) is 5.82 Å². The standard InChI is InChI=1S/C16H19N5.3ClH.In/c1-2-8-14(20-21-16-10-4-6-12-18-16)13(7-1)19-15-9-3-5-11-17-15;;;;/h3-6,9-11,13-14H,1-2,7-8,12H2;3*1H;/q-2;;;;+3/p-2. The number of hydrogen-bond acceptors (Lipinski definition) is 2. The topological polar surface area (TPSA) is 67.1 Å². The molecule has 2 heterocycles. The Morgan fingerprint density at radius 3 is 2.68 bits per heavy atom. The molecule has 2 aliphatic rings. The molecule has 9 heteroatoms. The quantitative estimate of drug-likeness (QED) is 0.470. The van der Waals surface area contributed by atoms with Crippen molar-refractivity contribution < 1.29 is 4.98 Å². The van der Waals surface area contributed by atoms with E-state index in [1.807, 2.05) is 42.6 Å². The number of azo groups is 1. The number of aromatic nitrogens is 1. The van der Waals surface area contributed by atoms with Gasteiger partial charge in [-0.05, 0) is 37.3 Å². The third-order valence-corrected chi connectivity index (χ3v) is 3.74. The molecule has 1 aromatic rings. The SMILES string of the molecule is C1=CC[N-]C(N=NC2CCCCC2[N-]c2cccc[nH+]2)=C1.[Cl][In]([Cl])[Cl]. The molecule has 0 aromatic carbocycles. The Morgan fingerprint density at radius 2 is 2.00 bits per heavy atom. The fourth-order valence-electron chi connectivity index (χ4n) is 2.63. The van der Waals surface area contributed by atoms with Crippen molar-refractivity contribution in [3.8, 4) is 0 Å². The molecular formula is C16H20Cl3InN5-. The van der Waals surface area contributed by atoms with E-state index in [4.69, 9.17) is 31.0 Å². The van der Waals surface area contributed by atoms with Crippen LogP contribution in [0.5, 0.6) is 0 Å². The van der Waals surface area contributed by atoms with E-state index in [9.17, 15) is 0 Å². The van der Waals surface area contributed by atoms with Crippen LogP contribution >= 0.6 is 25.7 Å². The van der Waals surface area contributed by atoms with E-state index < -0.39 is 17.9 Å². The van der Waals surface area contributed by atoms with E-state index in [1.165, 1.54) is 12.8 Å². The normalized spacial score (nSPS) is 22.4. The average Bonchev–Trinajstić information content (AvgIpc) is 2.62. The first-order chi connectivity index (χ1) is 12.1. The first kappa shape index (κ1) is 20.9. The summed E-state index contributed by atoms with van der Waals surface area (Å²) in [4.78, 5) is 3.16. The van der Waals surface area contributed by atoms with Crippen molar-refractivity contribution in [3.05, 3.63) is 59.1 Å². The van der Waals surface area contributed by atoms with Gasteiger partial charge in [0.2, 0.25) is 0 Å². The van der Waals surface area contributed by atoms with Gasteiger partial charge in [-0.2, -0.15) is 0 Å². The van der Waals surface area contributed by atoms with Crippen LogP contribution in [0.15, 0.2) is 58.7 Å². The summed E-state index contributed by atoms with van der Waals surface area (Å²) >= 11 is -2.22. The number of aromatic amines is 1. The Morgan fingerprint density at radius 1 is 1.20 bits per heavy atom. The molecule has 134 valence electrons. The summed E-state index contributed by atoms with van der Waals surface area (Å²) in [5, 5.41) is 17.9. The van der Waals surface area contributed by atoms with Crippen LogP contribution < -0.4 is 4.98 Å². The van der Waals surface area contributed by atoms with Crippen LogP contribution in [0, 0.1) is 0 Å². The van der Waals surface area contributed by atoms with Crippen LogP contribution in [0.25, 0.3) is 10.6 Å². The number of rotatable bonds is 4. The van der Waals surface area contributed by atoms with Crippen molar-refractivity contribution in [2.45, 2.75) is 37.8 Å². The third-order valence-electron chi connectivity index (χ3n) is 3.74. The molecule has 1 aliphatic carbocycles. The van der Waals surface area contributed by atoms with Crippen LogP contribution in [0.2, 0.25) is 0 Å². The molecule has 25 heavy (non-hydrogen) atoms. The van der Waals surface area contributed by atoms with Gasteiger partial charge < -0.3 is 15.4 Å². The molecule has 0 spiro atoms. The second-order valence-corrected chi connectivity index (χ2v) is 20.2. The molecule has 0 bridgehead atoms. The van der Waals surface area contributed by atoms with E-state index in [0.717, 1.165) is 18.7 Å². The summed E-state index contributed by atoms with van der Waals surface area (Å²) in [6.45, 7) is 0.697. The first-order valence-corrected chi connectivity index (χ1v) is 20.7. The van der Waals surface area contributed by atoms with Crippen LogP contribution in [0.3, 0.4) is 0 Å². The summed E-state index contributed by atoms with van der Waals surface area (Å²) < 4.78 is 0. The molecule has 1 N–H and O–H groups in total. The Balaban J connectivity index is 0.000000511. The molecule has 3 rings (SSSR count). The van der Waals surface area contributed by atoms with Crippen LogP contribution in [-0.2, 0) is 0 Å². The summed E-state index contributed by atoms with van der Waals surface area (Å²) in [6, 6.07) is 6.32. The second-order valence-electron chi connectivity index (χ2n) is 5.55. The fraction of sp³-hybridized carbons (Fsp3) is 0.438. The minimum absolute atomic E-state index is 0.161. The Hall–Kier alpha value is -0.430. The number of allylic oxidation sites excluding steroid dienone is 2.